The zero-order valence-electron chi connectivity index (χ0n) is 10.4. The predicted molar refractivity (Wildman–Crippen MR) is 72.2 cm³/mol. The van der Waals surface area contributed by atoms with Gasteiger partial charge in [-0.3, -0.25) is 0 Å². The lowest BCUT2D eigenvalue weighted by atomic mass is 10.4. The molecule has 102 valence electrons. The van der Waals surface area contributed by atoms with Crippen LogP contribution in [0.3, 0.4) is 0 Å². The van der Waals surface area contributed by atoms with E-state index >= 15 is 0 Å². The number of hydrogen-bond acceptors (Lipinski definition) is 6. The third kappa shape index (κ3) is 4.29. The number of aliphatic hydroxyl groups excluding tert-OH is 2. The van der Waals surface area contributed by atoms with Crippen LogP contribution in [0, 0.1) is 0 Å². The Morgan fingerprint density at radius 2 is 2.00 bits per heavy atom. The van der Waals surface area contributed by atoms with Crippen molar-refractivity contribution in [1.29, 1.82) is 0 Å². The van der Waals surface area contributed by atoms with Gasteiger partial charge in [0.1, 0.15) is 5.02 Å². The maximum Gasteiger partial charge on any atom is 0.224 e. The fourth-order valence-corrected chi connectivity index (χ4v) is 1.68. The highest BCUT2D eigenvalue weighted by atomic mass is 35.5. The predicted octanol–water partition coefficient (Wildman–Crippen LogP) is 0.743. The summed E-state index contributed by atoms with van der Waals surface area (Å²) >= 11 is 6.04. The van der Waals surface area contributed by atoms with E-state index < -0.39 is 0 Å². The smallest absolute Gasteiger partial charge is 0.224 e. The number of halogens is 1. The number of anilines is 2. The molecule has 0 fully saturated rings. The van der Waals surface area contributed by atoms with Crippen LogP contribution in [-0.2, 0) is 0 Å². The van der Waals surface area contributed by atoms with Gasteiger partial charge in [-0.2, -0.15) is 4.98 Å². The van der Waals surface area contributed by atoms with E-state index in [2.05, 4.69) is 15.3 Å². The summed E-state index contributed by atoms with van der Waals surface area (Å²) in [6.45, 7) is 3.50. The van der Waals surface area contributed by atoms with Crippen molar-refractivity contribution in [1.82, 2.24) is 9.97 Å². The SMILES string of the molecule is CCCNc1ncc(Cl)c(N(CCO)CCO)n1. The summed E-state index contributed by atoms with van der Waals surface area (Å²) in [5.74, 6) is 1.02. The third-order valence-electron chi connectivity index (χ3n) is 2.30. The second kappa shape index (κ2) is 8.07. The molecule has 0 saturated carbocycles. The minimum atomic E-state index is -0.0297. The van der Waals surface area contributed by atoms with Gasteiger partial charge in [0.05, 0.1) is 19.4 Å². The molecule has 3 N–H and O–H groups in total. The Balaban J connectivity index is 2.88. The van der Waals surface area contributed by atoms with Gasteiger partial charge in [0.25, 0.3) is 0 Å². The molecule has 0 amide bonds. The molecule has 0 aliphatic heterocycles. The monoisotopic (exact) mass is 274 g/mol. The summed E-state index contributed by atoms with van der Waals surface area (Å²) in [6, 6.07) is 0. The molecule has 1 aromatic heterocycles. The van der Waals surface area contributed by atoms with Crippen molar-refractivity contribution in [3.8, 4) is 0 Å². The fourth-order valence-electron chi connectivity index (χ4n) is 1.47. The molecule has 0 spiro atoms. The van der Waals surface area contributed by atoms with Crippen LogP contribution < -0.4 is 10.2 Å². The van der Waals surface area contributed by atoms with Crippen LogP contribution in [0.5, 0.6) is 0 Å². The first-order valence-electron chi connectivity index (χ1n) is 5.96. The Labute approximate surface area is 112 Å². The van der Waals surface area contributed by atoms with Gasteiger partial charge in [0.2, 0.25) is 5.95 Å². The first kappa shape index (κ1) is 14.9. The molecule has 6 nitrogen and oxygen atoms in total. The lowest BCUT2D eigenvalue weighted by molar-refractivity contribution is 0.280. The van der Waals surface area contributed by atoms with Crippen molar-refractivity contribution in [2.45, 2.75) is 13.3 Å². The zero-order chi connectivity index (χ0) is 13.4. The normalized spacial score (nSPS) is 10.4. The number of aliphatic hydroxyl groups is 2. The Bertz CT molecular complexity index is 359. The quantitative estimate of drug-likeness (QED) is 0.649. The van der Waals surface area contributed by atoms with Gasteiger partial charge < -0.3 is 20.4 Å². The van der Waals surface area contributed by atoms with Crippen LogP contribution in [0.15, 0.2) is 6.20 Å². The van der Waals surface area contributed by atoms with Crippen molar-refractivity contribution in [3.05, 3.63) is 11.2 Å². The van der Waals surface area contributed by atoms with Crippen LogP contribution >= 0.6 is 11.6 Å². The number of rotatable bonds is 8. The molecule has 0 bridgehead atoms. The standard InChI is InChI=1S/C11H19ClN4O2/c1-2-3-13-11-14-8-9(12)10(15-11)16(4-6-17)5-7-18/h8,17-18H,2-7H2,1H3,(H,13,14,15). The topological polar surface area (TPSA) is 81.5 Å². The summed E-state index contributed by atoms with van der Waals surface area (Å²) < 4.78 is 0. The molecule has 0 radical (unpaired) electrons. The molecule has 1 aromatic rings. The second-order valence-corrected chi connectivity index (χ2v) is 4.13. The highest BCUT2D eigenvalue weighted by Gasteiger charge is 2.13. The number of nitrogens with one attached hydrogen (secondary N) is 1. The maximum atomic E-state index is 9.00. The van der Waals surface area contributed by atoms with Crippen LogP contribution in [-0.4, -0.2) is 53.0 Å². The van der Waals surface area contributed by atoms with Crippen molar-refractivity contribution in [2.24, 2.45) is 0 Å². The van der Waals surface area contributed by atoms with Gasteiger partial charge in [-0.1, -0.05) is 18.5 Å². The number of aromatic nitrogens is 2. The largest absolute Gasteiger partial charge is 0.395 e. The maximum absolute atomic E-state index is 9.00. The highest BCUT2D eigenvalue weighted by Crippen LogP contribution is 2.23. The van der Waals surface area contributed by atoms with Crippen LogP contribution in [0.4, 0.5) is 11.8 Å². The van der Waals surface area contributed by atoms with Gasteiger partial charge in [-0.05, 0) is 6.42 Å². The molecule has 1 heterocycles. The fraction of sp³-hybridized carbons (Fsp3) is 0.636. The van der Waals surface area contributed by atoms with Gasteiger partial charge in [-0.15, -0.1) is 0 Å². The number of nitrogens with zero attached hydrogens (tertiary/aromatic N) is 3. The van der Waals surface area contributed by atoms with Gasteiger partial charge in [0.15, 0.2) is 5.82 Å². The molecule has 18 heavy (non-hydrogen) atoms. The van der Waals surface area contributed by atoms with E-state index in [4.69, 9.17) is 21.8 Å². The molecule has 0 aliphatic carbocycles. The van der Waals surface area contributed by atoms with Crippen LogP contribution in [0.2, 0.25) is 5.02 Å². The highest BCUT2D eigenvalue weighted by molar-refractivity contribution is 6.32. The number of hydrogen-bond donors (Lipinski definition) is 3. The first-order valence-corrected chi connectivity index (χ1v) is 6.33. The second-order valence-electron chi connectivity index (χ2n) is 3.73. The Hall–Kier alpha value is -1.11. The van der Waals surface area contributed by atoms with E-state index in [-0.39, 0.29) is 13.2 Å². The van der Waals surface area contributed by atoms with E-state index in [0.29, 0.717) is 29.9 Å². The summed E-state index contributed by atoms with van der Waals surface area (Å²) in [7, 11) is 0. The van der Waals surface area contributed by atoms with Crippen molar-refractivity contribution in [3.63, 3.8) is 0 Å². The molecule has 1 rings (SSSR count). The minimum absolute atomic E-state index is 0.0297. The summed E-state index contributed by atoms with van der Waals surface area (Å²) in [6.07, 6.45) is 2.49. The third-order valence-corrected chi connectivity index (χ3v) is 2.56. The summed E-state index contributed by atoms with van der Waals surface area (Å²) in [5, 5.41) is 21.5. The van der Waals surface area contributed by atoms with E-state index in [1.54, 1.807) is 4.90 Å². The van der Waals surface area contributed by atoms with Crippen LogP contribution in [0.25, 0.3) is 0 Å². The van der Waals surface area contributed by atoms with E-state index in [9.17, 15) is 0 Å². The molecule has 0 saturated heterocycles. The molecular weight excluding hydrogens is 256 g/mol. The molecular formula is C11H19ClN4O2. The Morgan fingerprint density at radius 3 is 2.56 bits per heavy atom. The van der Waals surface area contributed by atoms with Gasteiger partial charge >= 0.3 is 0 Å². The van der Waals surface area contributed by atoms with Crippen LogP contribution in [0.1, 0.15) is 13.3 Å². The zero-order valence-corrected chi connectivity index (χ0v) is 11.2. The summed E-state index contributed by atoms with van der Waals surface area (Å²) in [5.41, 5.74) is 0. The Morgan fingerprint density at radius 1 is 1.33 bits per heavy atom. The lowest BCUT2D eigenvalue weighted by Crippen LogP contribution is -2.31. The van der Waals surface area contributed by atoms with Crippen molar-refractivity contribution >= 4 is 23.4 Å². The average molecular weight is 275 g/mol. The molecule has 0 unspecified atom stereocenters. The molecule has 0 aromatic carbocycles. The van der Waals surface area contributed by atoms with E-state index in [1.807, 2.05) is 6.92 Å². The van der Waals surface area contributed by atoms with Crippen molar-refractivity contribution < 1.29 is 10.2 Å². The molecule has 0 aliphatic rings. The minimum Gasteiger partial charge on any atom is -0.395 e. The van der Waals surface area contributed by atoms with E-state index in [1.165, 1.54) is 6.20 Å². The first-order chi connectivity index (χ1) is 8.72. The van der Waals surface area contributed by atoms with Crippen molar-refractivity contribution in [2.75, 3.05) is 43.1 Å². The molecule has 0 atom stereocenters. The molecule has 7 heteroatoms. The van der Waals surface area contributed by atoms with E-state index in [0.717, 1.165) is 13.0 Å². The van der Waals surface area contributed by atoms with Gasteiger partial charge in [-0.25, -0.2) is 4.98 Å². The lowest BCUT2D eigenvalue weighted by Gasteiger charge is -2.22. The summed E-state index contributed by atoms with van der Waals surface area (Å²) in [4.78, 5) is 10.1. The Kier molecular flexibility index (Phi) is 6.70. The van der Waals surface area contributed by atoms with Gasteiger partial charge in [0, 0.05) is 19.6 Å². The average Bonchev–Trinajstić information content (AvgIpc) is 2.37.